The van der Waals surface area contributed by atoms with Crippen LogP contribution in [0.15, 0.2) is 30.3 Å². The molecule has 0 radical (unpaired) electrons. The lowest BCUT2D eigenvalue weighted by Crippen LogP contribution is -2.49. The summed E-state index contributed by atoms with van der Waals surface area (Å²) in [5.41, 5.74) is -0.264. The van der Waals surface area contributed by atoms with Crippen molar-refractivity contribution in [3.63, 3.8) is 0 Å². The summed E-state index contributed by atoms with van der Waals surface area (Å²) in [6.07, 6.45) is 2.03. The lowest BCUT2D eigenvalue weighted by atomic mass is 9.81. The molecule has 1 saturated heterocycles. The number of nitrogens with zero attached hydrogens (tertiary/aromatic N) is 1. The van der Waals surface area contributed by atoms with Gasteiger partial charge in [0, 0.05) is 13.6 Å². The molecule has 0 aliphatic carbocycles. The van der Waals surface area contributed by atoms with Gasteiger partial charge >= 0.3 is 0 Å². The van der Waals surface area contributed by atoms with Gasteiger partial charge in [0.25, 0.3) is 0 Å². The van der Waals surface area contributed by atoms with E-state index in [9.17, 15) is 4.79 Å². The third kappa shape index (κ3) is 4.90. The van der Waals surface area contributed by atoms with Crippen LogP contribution < -0.4 is 10.1 Å². The van der Waals surface area contributed by atoms with Crippen LogP contribution in [-0.4, -0.2) is 44.1 Å². The van der Waals surface area contributed by atoms with Gasteiger partial charge in [-0.2, -0.15) is 0 Å². The van der Waals surface area contributed by atoms with E-state index in [1.165, 1.54) is 0 Å². The molecule has 0 bridgehead atoms. The SMILES string of the molecule is CN(CCOc1ccccc1)C(=O)C1(C)CCCNC1.Cl. The molecule has 1 heterocycles. The largest absolute Gasteiger partial charge is 0.492 e. The minimum Gasteiger partial charge on any atom is -0.492 e. The Balaban J connectivity index is 0.00000220. The number of nitrogens with one attached hydrogen (secondary N) is 1. The van der Waals surface area contributed by atoms with Crippen LogP contribution in [0.5, 0.6) is 5.75 Å². The number of benzene rings is 1. The summed E-state index contributed by atoms with van der Waals surface area (Å²) in [7, 11) is 1.86. The van der Waals surface area contributed by atoms with Crippen LogP contribution in [-0.2, 0) is 4.79 Å². The Morgan fingerprint density at radius 1 is 1.38 bits per heavy atom. The average Bonchev–Trinajstić information content (AvgIpc) is 2.48. The summed E-state index contributed by atoms with van der Waals surface area (Å²) in [4.78, 5) is 14.3. The van der Waals surface area contributed by atoms with E-state index in [0.717, 1.165) is 31.7 Å². The Morgan fingerprint density at radius 2 is 2.10 bits per heavy atom. The Hall–Kier alpha value is -1.26. The highest BCUT2D eigenvalue weighted by molar-refractivity contribution is 5.85. The van der Waals surface area contributed by atoms with E-state index in [1.54, 1.807) is 4.90 Å². The molecule has 1 N–H and O–H groups in total. The van der Waals surface area contributed by atoms with Crippen LogP contribution in [0.2, 0.25) is 0 Å². The first-order chi connectivity index (χ1) is 9.62. The quantitative estimate of drug-likeness (QED) is 0.907. The van der Waals surface area contributed by atoms with Crippen molar-refractivity contribution in [1.29, 1.82) is 0 Å². The van der Waals surface area contributed by atoms with Gasteiger partial charge in [0.05, 0.1) is 12.0 Å². The van der Waals surface area contributed by atoms with E-state index in [-0.39, 0.29) is 23.7 Å². The fourth-order valence-corrected chi connectivity index (χ4v) is 2.62. The van der Waals surface area contributed by atoms with Crippen molar-refractivity contribution in [2.24, 2.45) is 5.41 Å². The molecule has 1 aromatic carbocycles. The highest BCUT2D eigenvalue weighted by atomic mass is 35.5. The third-order valence-corrected chi connectivity index (χ3v) is 3.90. The number of rotatable bonds is 5. The Labute approximate surface area is 133 Å². The zero-order valence-electron chi connectivity index (χ0n) is 12.8. The summed E-state index contributed by atoms with van der Waals surface area (Å²) in [6, 6.07) is 9.69. The van der Waals surface area contributed by atoms with Gasteiger partial charge in [0.2, 0.25) is 5.91 Å². The zero-order valence-corrected chi connectivity index (χ0v) is 13.6. The molecule has 1 aliphatic rings. The van der Waals surface area contributed by atoms with Crippen LogP contribution in [0.3, 0.4) is 0 Å². The molecule has 1 atom stereocenters. The molecule has 1 fully saturated rings. The number of hydrogen-bond acceptors (Lipinski definition) is 3. The highest BCUT2D eigenvalue weighted by Gasteiger charge is 2.36. The van der Waals surface area contributed by atoms with Crippen LogP contribution in [0.1, 0.15) is 19.8 Å². The number of halogens is 1. The normalized spacial score (nSPS) is 21.2. The molecule has 1 unspecified atom stereocenters. The predicted octanol–water partition coefficient (Wildman–Crippen LogP) is 2.34. The monoisotopic (exact) mass is 312 g/mol. The van der Waals surface area contributed by atoms with E-state index in [1.807, 2.05) is 37.4 Å². The van der Waals surface area contributed by atoms with Crippen molar-refractivity contribution < 1.29 is 9.53 Å². The predicted molar refractivity (Wildman–Crippen MR) is 87.0 cm³/mol. The standard InChI is InChI=1S/C16H24N2O2.ClH/c1-16(9-6-10-17-13-16)15(19)18(2)11-12-20-14-7-4-3-5-8-14;/h3-5,7-8,17H,6,9-13H2,1-2H3;1H. The fraction of sp³-hybridized carbons (Fsp3) is 0.562. The topological polar surface area (TPSA) is 41.6 Å². The van der Waals surface area contributed by atoms with Crippen molar-refractivity contribution in [2.45, 2.75) is 19.8 Å². The zero-order chi connectivity index (χ0) is 14.4. The summed E-state index contributed by atoms with van der Waals surface area (Å²) in [6.45, 7) is 4.98. The number of carbonyl (C=O) groups excluding carboxylic acids is 1. The van der Waals surface area contributed by atoms with E-state index >= 15 is 0 Å². The second-order valence-corrected chi connectivity index (χ2v) is 5.73. The average molecular weight is 313 g/mol. The first-order valence-electron chi connectivity index (χ1n) is 7.26. The first-order valence-corrected chi connectivity index (χ1v) is 7.26. The van der Waals surface area contributed by atoms with Crippen LogP contribution in [0.25, 0.3) is 0 Å². The summed E-state index contributed by atoms with van der Waals surface area (Å²) in [5, 5.41) is 3.31. The van der Waals surface area contributed by atoms with Crippen molar-refractivity contribution in [2.75, 3.05) is 33.3 Å². The van der Waals surface area contributed by atoms with E-state index in [2.05, 4.69) is 12.2 Å². The summed E-state index contributed by atoms with van der Waals surface area (Å²) in [5.74, 6) is 1.06. The maximum atomic E-state index is 12.5. The van der Waals surface area contributed by atoms with Crippen molar-refractivity contribution in [3.05, 3.63) is 30.3 Å². The van der Waals surface area contributed by atoms with Crippen molar-refractivity contribution in [1.82, 2.24) is 10.2 Å². The Morgan fingerprint density at radius 3 is 2.71 bits per heavy atom. The number of amides is 1. The van der Waals surface area contributed by atoms with Gasteiger partial charge in [-0.05, 0) is 38.4 Å². The fourth-order valence-electron chi connectivity index (χ4n) is 2.62. The van der Waals surface area contributed by atoms with Crippen LogP contribution in [0, 0.1) is 5.41 Å². The van der Waals surface area contributed by atoms with Gasteiger partial charge in [-0.1, -0.05) is 18.2 Å². The van der Waals surface area contributed by atoms with Gasteiger partial charge in [-0.3, -0.25) is 4.79 Å². The number of carbonyl (C=O) groups is 1. The second-order valence-electron chi connectivity index (χ2n) is 5.73. The number of piperidine rings is 1. The van der Waals surface area contributed by atoms with Crippen LogP contribution in [0.4, 0.5) is 0 Å². The number of hydrogen-bond donors (Lipinski definition) is 1. The molecule has 118 valence electrons. The molecule has 4 nitrogen and oxygen atoms in total. The summed E-state index contributed by atoms with van der Waals surface area (Å²) < 4.78 is 5.64. The van der Waals surface area contributed by atoms with Gasteiger partial charge in [0.1, 0.15) is 12.4 Å². The lowest BCUT2D eigenvalue weighted by Gasteiger charge is -2.36. The second kappa shape index (κ2) is 8.25. The van der Waals surface area contributed by atoms with Gasteiger partial charge in [-0.15, -0.1) is 12.4 Å². The molecule has 1 aromatic rings. The van der Waals surface area contributed by atoms with E-state index < -0.39 is 0 Å². The number of likely N-dealkylation sites (N-methyl/N-ethyl adjacent to an activating group) is 1. The smallest absolute Gasteiger partial charge is 0.229 e. The van der Waals surface area contributed by atoms with E-state index in [4.69, 9.17) is 4.74 Å². The molecule has 21 heavy (non-hydrogen) atoms. The highest BCUT2D eigenvalue weighted by Crippen LogP contribution is 2.27. The first kappa shape index (κ1) is 17.8. The van der Waals surface area contributed by atoms with Gasteiger partial charge in [-0.25, -0.2) is 0 Å². The minimum absolute atomic E-state index is 0. The molecular formula is C16H25ClN2O2. The molecular weight excluding hydrogens is 288 g/mol. The van der Waals surface area contributed by atoms with Crippen molar-refractivity contribution in [3.8, 4) is 5.75 Å². The molecule has 0 saturated carbocycles. The number of para-hydroxylation sites is 1. The third-order valence-electron chi connectivity index (χ3n) is 3.90. The number of ether oxygens (including phenoxy) is 1. The molecule has 5 heteroatoms. The molecule has 1 amide bonds. The van der Waals surface area contributed by atoms with Gasteiger partial charge < -0.3 is 15.0 Å². The minimum atomic E-state index is -0.264. The Kier molecular flexibility index (Phi) is 6.99. The maximum Gasteiger partial charge on any atom is 0.229 e. The van der Waals surface area contributed by atoms with Crippen LogP contribution >= 0.6 is 12.4 Å². The molecule has 0 spiro atoms. The molecule has 2 rings (SSSR count). The Bertz CT molecular complexity index is 433. The van der Waals surface area contributed by atoms with E-state index in [0.29, 0.717) is 13.2 Å². The van der Waals surface area contributed by atoms with Gasteiger partial charge in [0.15, 0.2) is 0 Å². The molecule has 0 aromatic heterocycles. The van der Waals surface area contributed by atoms with Crippen molar-refractivity contribution >= 4 is 18.3 Å². The maximum absolute atomic E-state index is 12.5. The summed E-state index contributed by atoms with van der Waals surface area (Å²) >= 11 is 0. The molecule has 1 aliphatic heterocycles. The lowest BCUT2D eigenvalue weighted by molar-refractivity contribution is -0.141.